The fraction of sp³-hybridized carbons (Fsp3) is 0.444. The first-order valence-corrected chi connectivity index (χ1v) is 5.38. The van der Waals surface area contributed by atoms with Gasteiger partial charge in [0.2, 0.25) is 0 Å². The summed E-state index contributed by atoms with van der Waals surface area (Å²) in [5, 5.41) is 12.1. The van der Waals surface area contributed by atoms with Gasteiger partial charge in [0, 0.05) is 25.2 Å². The maximum Gasteiger partial charge on any atom is 0.308 e. The van der Waals surface area contributed by atoms with E-state index < -0.39 is 11.9 Å². The Bertz CT molecular complexity index is 385. The smallest absolute Gasteiger partial charge is 0.308 e. The second-order valence-electron chi connectivity index (χ2n) is 3.47. The maximum atomic E-state index is 11.0. The topological polar surface area (TPSA) is 75.1 Å². The molecule has 0 amide bonds. The van der Waals surface area contributed by atoms with E-state index in [1.165, 1.54) is 6.33 Å². The van der Waals surface area contributed by atoms with Crippen molar-refractivity contribution in [2.45, 2.75) is 5.92 Å². The number of aliphatic carboxylic acids is 1. The lowest BCUT2D eigenvalue weighted by Crippen LogP contribution is -2.21. The van der Waals surface area contributed by atoms with E-state index in [1.54, 1.807) is 6.20 Å². The molecule has 80 valence electrons. The lowest BCUT2D eigenvalue weighted by Gasteiger charge is -2.14. The number of hydrogen-bond acceptors (Lipinski definition) is 4. The van der Waals surface area contributed by atoms with Crippen LogP contribution in [0.4, 0.5) is 0 Å². The van der Waals surface area contributed by atoms with Crippen molar-refractivity contribution < 1.29 is 9.90 Å². The van der Waals surface area contributed by atoms with E-state index in [2.05, 4.69) is 31.2 Å². The summed E-state index contributed by atoms with van der Waals surface area (Å²) >= 11 is 3.34. The van der Waals surface area contributed by atoms with E-state index in [9.17, 15) is 4.79 Å². The number of carbonyl (C=O) groups is 1. The molecule has 0 spiro atoms. The number of nitrogens with one attached hydrogen (secondary N) is 1. The van der Waals surface area contributed by atoms with Crippen molar-refractivity contribution in [2.24, 2.45) is 5.92 Å². The molecule has 2 unspecified atom stereocenters. The first kappa shape index (κ1) is 10.5. The number of carboxylic acids is 1. The van der Waals surface area contributed by atoms with Gasteiger partial charge in [0.15, 0.2) is 0 Å². The summed E-state index contributed by atoms with van der Waals surface area (Å²) in [6.07, 6.45) is 3.08. The third kappa shape index (κ3) is 2.00. The molecule has 0 aromatic carbocycles. The van der Waals surface area contributed by atoms with Gasteiger partial charge in [0.05, 0.1) is 16.1 Å². The number of carboxylic acid groups (broad SMARTS) is 1. The second kappa shape index (κ2) is 4.24. The van der Waals surface area contributed by atoms with Crippen LogP contribution >= 0.6 is 15.9 Å². The molecule has 1 aliphatic heterocycles. The molecule has 0 radical (unpaired) electrons. The Labute approximate surface area is 95.1 Å². The largest absolute Gasteiger partial charge is 0.481 e. The van der Waals surface area contributed by atoms with Crippen molar-refractivity contribution in [2.75, 3.05) is 13.1 Å². The molecule has 1 aromatic rings. The summed E-state index contributed by atoms with van der Waals surface area (Å²) in [5.74, 6) is -1.27. The monoisotopic (exact) mass is 271 g/mol. The highest BCUT2D eigenvalue weighted by Crippen LogP contribution is 2.30. The Morgan fingerprint density at radius 2 is 2.40 bits per heavy atom. The minimum absolute atomic E-state index is 0.0834. The van der Waals surface area contributed by atoms with Crippen LogP contribution in [0.1, 0.15) is 11.6 Å². The average Bonchev–Trinajstić information content (AvgIpc) is 2.67. The van der Waals surface area contributed by atoms with E-state index >= 15 is 0 Å². The van der Waals surface area contributed by atoms with E-state index in [0.29, 0.717) is 13.1 Å². The molecule has 2 N–H and O–H groups in total. The molecule has 2 atom stereocenters. The van der Waals surface area contributed by atoms with Gasteiger partial charge in [-0.15, -0.1) is 0 Å². The third-order valence-corrected chi connectivity index (χ3v) is 3.19. The van der Waals surface area contributed by atoms with E-state index in [-0.39, 0.29) is 5.92 Å². The summed E-state index contributed by atoms with van der Waals surface area (Å²) in [6.45, 7) is 1.14. The fourth-order valence-corrected chi connectivity index (χ4v) is 2.34. The van der Waals surface area contributed by atoms with Crippen LogP contribution in [0, 0.1) is 5.92 Å². The van der Waals surface area contributed by atoms with E-state index in [1.807, 2.05) is 0 Å². The van der Waals surface area contributed by atoms with Gasteiger partial charge in [-0.25, -0.2) is 9.97 Å². The lowest BCUT2D eigenvalue weighted by atomic mass is 9.93. The quantitative estimate of drug-likeness (QED) is 0.825. The Hall–Kier alpha value is -1.01. The number of aromatic nitrogens is 2. The first-order chi connectivity index (χ1) is 7.20. The normalized spacial score (nSPS) is 25.4. The first-order valence-electron chi connectivity index (χ1n) is 4.59. The molecular formula is C9H10BrN3O2. The molecule has 0 bridgehead atoms. The molecule has 1 fully saturated rings. The van der Waals surface area contributed by atoms with E-state index in [4.69, 9.17) is 5.11 Å². The number of halogens is 1. The summed E-state index contributed by atoms with van der Waals surface area (Å²) in [5.41, 5.74) is 0.766. The molecule has 0 saturated carbocycles. The lowest BCUT2D eigenvalue weighted by molar-refractivity contribution is -0.141. The van der Waals surface area contributed by atoms with Crippen LogP contribution in [0.25, 0.3) is 0 Å². The van der Waals surface area contributed by atoms with Crippen LogP contribution in [0.2, 0.25) is 0 Å². The van der Waals surface area contributed by atoms with Gasteiger partial charge in [-0.05, 0) is 15.9 Å². The van der Waals surface area contributed by atoms with Gasteiger partial charge in [-0.1, -0.05) is 0 Å². The number of rotatable bonds is 2. The molecule has 5 nitrogen and oxygen atoms in total. The van der Waals surface area contributed by atoms with Gasteiger partial charge in [-0.2, -0.15) is 0 Å². The van der Waals surface area contributed by atoms with Crippen LogP contribution in [0.3, 0.4) is 0 Å². The minimum Gasteiger partial charge on any atom is -0.481 e. The van der Waals surface area contributed by atoms with Crippen molar-refractivity contribution in [1.29, 1.82) is 0 Å². The van der Waals surface area contributed by atoms with Crippen LogP contribution in [-0.2, 0) is 4.79 Å². The van der Waals surface area contributed by atoms with Gasteiger partial charge in [0.1, 0.15) is 6.33 Å². The predicted octanol–water partition coefficient (Wildman–Crippen LogP) is 0.627. The molecule has 15 heavy (non-hydrogen) atoms. The van der Waals surface area contributed by atoms with Gasteiger partial charge < -0.3 is 10.4 Å². The van der Waals surface area contributed by atoms with Crippen molar-refractivity contribution in [3.8, 4) is 0 Å². The predicted molar refractivity (Wildman–Crippen MR) is 56.5 cm³/mol. The summed E-state index contributed by atoms with van der Waals surface area (Å²) in [7, 11) is 0. The maximum absolute atomic E-state index is 11.0. The summed E-state index contributed by atoms with van der Waals surface area (Å²) < 4.78 is 0.768. The van der Waals surface area contributed by atoms with Gasteiger partial charge in [-0.3, -0.25) is 4.79 Å². The van der Waals surface area contributed by atoms with Gasteiger partial charge >= 0.3 is 5.97 Å². The Balaban J connectivity index is 2.30. The second-order valence-corrected chi connectivity index (χ2v) is 4.32. The molecule has 1 aromatic heterocycles. The van der Waals surface area contributed by atoms with E-state index in [0.717, 1.165) is 10.2 Å². The van der Waals surface area contributed by atoms with Crippen LogP contribution < -0.4 is 5.32 Å². The highest BCUT2D eigenvalue weighted by atomic mass is 79.9. The molecule has 2 heterocycles. The minimum atomic E-state index is -0.782. The molecule has 1 saturated heterocycles. The van der Waals surface area contributed by atoms with Crippen molar-refractivity contribution >= 4 is 21.9 Å². The molecule has 6 heteroatoms. The summed E-state index contributed by atoms with van der Waals surface area (Å²) in [4.78, 5) is 19.0. The molecule has 1 aliphatic rings. The van der Waals surface area contributed by atoms with Crippen molar-refractivity contribution in [3.63, 3.8) is 0 Å². The van der Waals surface area contributed by atoms with Crippen LogP contribution in [0.15, 0.2) is 17.0 Å². The molecule has 2 rings (SSSR count). The zero-order chi connectivity index (χ0) is 10.8. The van der Waals surface area contributed by atoms with Crippen LogP contribution in [-0.4, -0.2) is 34.1 Å². The fourth-order valence-electron chi connectivity index (χ4n) is 1.82. The Morgan fingerprint density at radius 3 is 3.07 bits per heavy atom. The average molecular weight is 272 g/mol. The highest BCUT2D eigenvalue weighted by molar-refractivity contribution is 9.10. The standard InChI is InChI=1S/C9H10BrN3O2/c10-7-3-12-4-13-8(7)5-1-11-2-6(5)9(14)15/h3-6,11H,1-2H2,(H,14,15). The third-order valence-electron chi connectivity index (χ3n) is 2.58. The Morgan fingerprint density at radius 1 is 1.60 bits per heavy atom. The molecular weight excluding hydrogens is 262 g/mol. The number of hydrogen-bond donors (Lipinski definition) is 2. The summed E-state index contributed by atoms with van der Waals surface area (Å²) in [6, 6.07) is 0. The Kier molecular flexibility index (Phi) is 2.97. The van der Waals surface area contributed by atoms with Crippen LogP contribution in [0.5, 0.6) is 0 Å². The zero-order valence-electron chi connectivity index (χ0n) is 7.85. The highest BCUT2D eigenvalue weighted by Gasteiger charge is 2.35. The van der Waals surface area contributed by atoms with Crippen molar-refractivity contribution in [1.82, 2.24) is 15.3 Å². The zero-order valence-corrected chi connectivity index (χ0v) is 9.44. The molecule has 0 aliphatic carbocycles. The van der Waals surface area contributed by atoms with Crippen molar-refractivity contribution in [3.05, 3.63) is 22.7 Å². The van der Waals surface area contributed by atoms with Gasteiger partial charge in [0.25, 0.3) is 0 Å². The SMILES string of the molecule is O=C(O)C1CNCC1c1ncncc1Br. The number of nitrogens with zero attached hydrogens (tertiary/aromatic N) is 2.